The van der Waals surface area contributed by atoms with E-state index in [1.165, 1.54) is 0 Å². The first-order valence-corrected chi connectivity index (χ1v) is 6.39. The van der Waals surface area contributed by atoms with Gasteiger partial charge in [-0.05, 0) is 17.7 Å². The van der Waals surface area contributed by atoms with Crippen molar-refractivity contribution in [1.82, 2.24) is 9.97 Å². The monoisotopic (exact) mass is 279 g/mol. The van der Waals surface area contributed by atoms with Crippen LogP contribution >= 0.6 is 0 Å². The van der Waals surface area contributed by atoms with Crippen LogP contribution in [0.5, 0.6) is 0 Å². The fourth-order valence-corrected chi connectivity index (χ4v) is 2.26. The van der Waals surface area contributed by atoms with Crippen molar-refractivity contribution in [2.45, 2.75) is 0 Å². The maximum Gasteiger partial charge on any atom is 0.336 e. The Morgan fingerprint density at radius 3 is 2.71 bits per heavy atom. The molecule has 3 rings (SSSR count). The van der Waals surface area contributed by atoms with Gasteiger partial charge >= 0.3 is 5.97 Å². The number of fused-ring (bicyclic) bond motifs is 1. The number of hydrogen-bond donors (Lipinski definition) is 3. The number of carbonyl (C=O) groups is 1. The molecule has 104 valence electrons. The molecule has 0 unspecified atom stereocenters. The summed E-state index contributed by atoms with van der Waals surface area (Å²) >= 11 is 0. The first-order chi connectivity index (χ1) is 10.2. The van der Waals surface area contributed by atoms with E-state index in [4.69, 9.17) is 5.73 Å². The van der Waals surface area contributed by atoms with Gasteiger partial charge in [-0.1, -0.05) is 30.3 Å². The number of nitrogens with zero attached hydrogens (tertiary/aromatic N) is 1. The van der Waals surface area contributed by atoms with Gasteiger partial charge in [0, 0.05) is 29.0 Å². The number of hydrogen-bond acceptors (Lipinski definition) is 3. The normalized spacial score (nSPS) is 11.7. The van der Waals surface area contributed by atoms with Crippen LogP contribution in [0.4, 0.5) is 5.69 Å². The first-order valence-electron chi connectivity index (χ1n) is 6.39. The smallest absolute Gasteiger partial charge is 0.336 e. The van der Waals surface area contributed by atoms with Crippen LogP contribution in [0, 0.1) is 0 Å². The van der Waals surface area contributed by atoms with Gasteiger partial charge < -0.3 is 15.8 Å². The SMILES string of the molecule is Nc1ccnc2[nH]cc(C=C(C(=O)O)c3ccccc3)c12. The molecular weight excluding hydrogens is 266 g/mol. The molecule has 0 spiro atoms. The largest absolute Gasteiger partial charge is 0.478 e. The molecule has 0 fully saturated rings. The van der Waals surface area contributed by atoms with E-state index in [1.807, 2.05) is 6.07 Å². The van der Waals surface area contributed by atoms with Gasteiger partial charge in [0.15, 0.2) is 0 Å². The van der Waals surface area contributed by atoms with E-state index in [2.05, 4.69) is 9.97 Å². The number of carboxylic acid groups (broad SMARTS) is 1. The highest BCUT2D eigenvalue weighted by molar-refractivity contribution is 6.21. The predicted molar refractivity (Wildman–Crippen MR) is 82.5 cm³/mol. The number of aliphatic carboxylic acids is 1. The van der Waals surface area contributed by atoms with E-state index >= 15 is 0 Å². The minimum absolute atomic E-state index is 0.208. The van der Waals surface area contributed by atoms with Gasteiger partial charge in [-0.25, -0.2) is 9.78 Å². The molecule has 0 radical (unpaired) electrons. The third kappa shape index (κ3) is 2.36. The van der Waals surface area contributed by atoms with E-state index < -0.39 is 5.97 Å². The van der Waals surface area contributed by atoms with Crippen molar-refractivity contribution in [3.63, 3.8) is 0 Å². The number of carboxylic acids is 1. The Morgan fingerprint density at radius 2 is 2.00 bits per heavy atom. The lowest BCUT2D eigenvalue weighted by atomic mass is 10.0. The molecule has 0 aliphatic carbocycles. The number of anilines is 1. The molecule has 0 aliphatic heterocycles. The van der Waals surface area contributed by atoms with Crippen LogP contribution in [0.1, 0.15) is 11.1 Å². The number of nitrogen functional groups attached to an aromatic ring is 1. The lowest BCUT2D eigenvalue weighted by molar-refractivity contribution is -0.130. The number of aromatic nitrogens is 2. The molecule has 21 heavy (non-hydrogen) atoms. The molecule has 0 saturated heterocycles. The van der Waals surface area contributed by atoms with Gasteiger partial charge in [0.05, 0.1) is 5.57 Å². The lowest BCUT2D eigenvalue weighted by Crippen LogP contribution is -1.99. The number of nitrogens with one attached hydrogen (secondary N) is 1. The Morgan fingerprint density at radius 1 is 1.24 bits per heavy atom. The molecule has 0 amide bonds. The maximum absolute atomic E-state index is 11.5. The second-order valence-electron chi connectivity index (χ2n) is 4.60. The van der Waals surface area contributed by atoms with Gasteiger partial charge in [0.2, 0.25) is 0 Å². The average molecular weight is 279 g/mol. The van der Waals surface area contributed by atoms with E-state index in [1.54, 1.807) is 48.8 Å². The molecule has 2 heterocycles. The van der Waals surface area contributed by atoms with Crippen LogP contribution < -0.4 is 5.73 Å². The van der Waals surface area contributed by atoms with Crippen molar-refractivity contribution < 1.29 is 9.90 Å². The number of aromatic amines is 1. The summed E-state index contributed by atoms with van der Waals surface area (Å²) in [5.41, 5.74) is 8.71. The minimum Gasteiger partial charge on any atom is -0.478 e. The second kappa shape index (κ2) is 5.13. The van der Waals surface area contributed by atoms with Crippen molar-refractivity contribution in [1.29, 1.82) is 0 Å². The maximum atomic E-state index is 11.5. The highest BCUT2D eigenvalue weighted by Crippen LogP contribution is 2.27. The molecule has 3 aromatic rings. The van der Waals surface area contributed by atoms with Gasteiger partial charge in [0.1, 0.15) is 5.65 Å². The van der Waals surface area contributed by atoms with Crippen LogP contribution in [0.15, 0.2) is 48.8 Å². The van der Waals surface area contributed by atoms with Crippen molar-refractivity contribution in [2.24, 2.45) is 0 Å². The molecule has 0 bridgehead atoms. The van der Waals surface area contributed by atoms with Gasteiger partial charge in [-0.3, -0.25) is 0 Å². The topological polar surface area (TPSA) is 92.0 Å². The van der Waals surface area contributed by atoms with Crippen molar-refractivity contribution >= 4 is 34.3 Å². The van der Waals surface area contributed by atoms with Crippen molar-refractivity contribution in [3.05, 3.63) is 59.9 Å². The fraction of sp³-hybridized carbons (Fsp3) is 0. The van der Waals surface area contributed by atoms with Crippen LogP contribution in [0.3, 0.4) is 0 Å². The summed E-state index contributed by atoms with van der Waals surface area (Å²) in [6.07, 6.45) is 4.92. The standard InChI is InChI=1S/C16H13N3O2/c17-13-6-7-18-15-14(13)11(9-19-15)8-12(16(20)21)10-4-2-1-3-5-10/h1-9H,(H,20,21)(H3,17,18,19). The summed E-state index contributed by atoms with van der Waals surface area (Å²) in [6, 6.07) is 10.7. The van der Waals surface area contributed by atoms with Crippen molar-refractivity contribution in [3.8, 4) is 0 Å². The fourth-order valence-electron chi connectivity index (χ4n) is 2.26. The van der Waals surface area contributed by atoms with Gasteiger partial charge in [0.25, 0.3) is 0 Å². The number of rotatable bonds is 3. The zero-order valence-electron chi connectivity index (χ0n) is 11.1. The Hall–Kier alpha value is -3.08. The number of H-pyrrole nitrogens is 1. The average Bonchev–Trinajstić information content (AvgIpc) is 2.90. The quantitative estimate of drug-likeness (QED) is 0.643. The van der Waals surface area contributed by atoms with E-state index in [-0.39, 0.29) is 5.57 Å². The van der Waals surface area contributed by atoms with Gasteiger partial charge in [-0.15, -0.1) is 0 Å². The number of benzene rings is 1. The molecular formula is C16H13N3O2. The third-order valence-electron chi connectivity index (χ3n) is 3.25. The summed E-state index contributed by atoms with van der Waals surface area (Å²) in [4.78, 5) is 18.7. The molecule has 0 saturated carbocycles. The highest BCUT2D eigenvalue weighted by atomic mass is 16.4. The predicted octanol–water partition coefficient (Wildman–Crippen LogP) is 2.77. The summed E-state index contributed by atoms with van der Waals surface area (Å²) in [6.45, 7) is 0. The number of nitrogens with two attached hydrogens (primary N) is 1. The Kier molecular flexibility index (Phi) is 3.16. The summed E-state index contributed by atoms with van der Waals surface area (Å²) in [5.74, 6) is -0.988. The van der Waals surface area contributed by atoms with Gasteiger partial charge in [-0.2, -0.15) is 0 Å². The lowest BCUT2D eigenvalue weighted by Gasteiger charge is -2.03. The molecule has 1 aromatic carbocycles. The minimum atomic E-state index is -0.988. The first kappa shape index (κ1) is 12.9. The van der Waals surface area contributed by atoms with Crippen LogP contribution in [-0.2, 0) is 4.79 Å². The van der Waals surface area contributed by atoms with E-state index in [9.17, 15) is 9.90 Å². The van der Waals surface area contributed by atoms with Crippen LogP contribution in [0.2, 0.25) is 0 Å². The van der Waals surface area contributed by atoms with E-state index in [0.717, 1.165) is 5.39 Å². The Balaban J connectivity index is 2.19. The zero-order valence-corrected chi connectivity index (χ0v) is 11.1. The van der Waals surface area contributed by atoms with Crippen LogP contribution in [0.25, 0.3) is 22.7 Å². The molecule has 2 aromatic heterocycles. The summed E-state index contributed by atoms with van der Waals surface area (Å²) in [5, 5.41) is 10.2. The highest BCUT2D eigenvalue weighted by Gasteiger charge is 2.13. The molecule has 5 heteroatoms. The Bertz CT molecular complexity index is 835. The summed E-state index contributed by atoms with van der Waals surface area (Å²) < 4.78 is 0. The second-order valence-corrected chi connectivity index (χ2v) is 4.60. The molecule has 0 aliphatic rings. The molecule has 4 N–H and O–H groups in total. The van der Waals surface area contributed by atoms with Crippen molar-refractivity contribution in [2.75, 3.05) is 5.73 Å². The number of pyridine rings is 1. The molecule has 5 nitrogen and oxygen atoms in total. The Labute approximate surface area is 120 Å². The van der Waals surface area contributed by atoms with E-state index in [0.29, 0.717) is 22.5 Å². The van der Waals surface area contributed by atoms with Crippen LogP contribution in [-0.4, -0.2) is 21.0 Å². The summed E-state index contributed by atoms with van der Waals surface area (Å²) in [7, 11) is 0. The molecule has 0 atom stereocenters. The zero-order chi connectivity index (χ0) is 14.8. The third-order valence-corrected chi connectivity index (χ3v) is 3.25.